The van der Waals surface area contributed by atoms with Crippen LogP contribution in [0.15, 0.2) is 36.4 Å². The molecule has 0 heterocycles. The number of aldehydes is 1. The molecule has 0 fully saturated rings. The molecule has 0 N–H and O–H groups in total. The highest BCUT2D eigenvalue weighted by atomic mass is 35.5. The van der Waals surface area contributed by atoms with Crippen LogP contribution in [-0.2, 0) is 6.61 Å². The summed E-state index contributed by atoms with van der Waals surface area (Å²) in [5.41, 5.74) is 2.11. The van der Waals surface area contributed by atoms with Crippen LogP contribution in [0, 0.1) is 12.7 Å². The van der Waals surface area contributed by atoms with Crippen molar-refractivity contribution in [2.75, 3.05) is 0 Å². The second-order valence-corrected chi connectivity index (χ2v) is 4.56. The average Bonchev–Trinajstić information content (AvgIpc) is 2.41. The van der Waals surface area contributed by atoms with Gasteiger partial charge >= 0.3 is 0 Å². The predicted molar refractivity (Wildman–Crippen MR) is 72.3 cm³/mol. The smallest absolute Gasteiger partial charge is 0.153 e. The molecule has 98 valence electrons. The van der Waals surface area contributed by atoms with Crippen molar-refractivity contribution in [3.8, 4) is 5.75 Å². The number of carbonyl (C=O) groups excluding carboxylic acids is 1. The van der Waals surface area contributed by atoms with Gasteiger partial charge in [0.05, 0.1) is 10.6 Å². The van der Waals surface area contributed by atoms with Crippen LogP contribution >= 0.6 is 11.6 Å². The predicted octanol–water partition coefficient (Wildman–Crippen LogP) is 4.18. The Balaban J connectivity index is 2.18. The Kier molecular flexibility index (Phi) is 4.17. The second-order valence-electron chi connectivity index (χ2n) is 4.15. The third-order valence-electron chi connectivity index (χ3n) is 2.74. The van der Waals surface area contributed by atoms with Crippen LogP contribution in [0.25, 0.3) is 0 Å². The maximum atomic E-state index is 13.0. The molecule has 2 nitrogen and oxygen atoms in total. The third kappa shape index (κ3) is 3.12. The lowest BCUT2D eigenvalue weighted by Crippen LogP contribution is -2.00. The van der Waals surface area contributed by atoms with Gasteiger partial charge in [-0.2, -0.15) is 0 Å². The molecule has 0 saturated heterocycles. The lowest BCUT2D eigenvalue weighted by atomic mass is 10.1. The van der Waals surface area contributed by atoms with Gasteiger partial charge in [0, 0.05) is 0 Å². The Labute approximate surface area is 115 Å². The highest BCUT2D eigenvalue weighted by molar-refractivity contribution is 6.30. The molecule has 19 heavy (non-hydrogen) atoms. The van der Waals surface area contributed by atoms with Crippen molar-refractivity contribution < 1.29 is 13.9 Å². The van der Waals surface area contributed by atoms with Crippen molar-refractivity contribution in [2.45, 2.75) is 13.5 Å². The molecule has 2 rings (SSSR count). The number of benzene rings is 2. The summed E-state index contributed by atoms with van der Waals surface area (Å²) in [7, 11) is 0. The summed E-state index contributed by atoms with van der Waals surface area (Å²) >= 11 is 5.70. The largest absolute Gasteiger partial charge is 0.488 e. The highest BCUT2D eigenvalue weighted by Crippen LogP contribution is 2.24. The van der Waals surface area contributed by atoms with Crippen molar-refractivity contribution in [2.24, 2.45) is 0 Å². The van der Waals surface area contributed by atoms with Gasteiger partial charge in [0.2, 0.25) is 0 Å². The molecule has 0 aromatic heterocycles. The van der Waals surface area contributed by atoms with E-state index in [2.05, 4.69) is 0 Å². The first-order chi connectivity index (χ1) is 9.11. The second kappa shape index (κ2) is 5.85. The molecular weight excluding hydrogens is 267 g/mol. The normalized spacial score (nSPS) is 10.3. The zero-order valence-corrected chi connectivity index (χ0v) is 11.1. The molecule has 0 atom stereocenters. The number of ether oxygens (including phenoxy) is 1. The van der Waals surface area contributed by atoms with E-state index in [0.29, 0.717) is 11.3 Å². The maximum absolute atomic E-state index is 13.0. The van der Waals surface area contributed by atoms with E-state index in [0.717, 1.165) is 17.4 Å². The zero-order chi connectivity index (χ0) is 13.8. The van der Waals surface area contributed by atoms with Gasteiger partial charge in [-0.3, -0.25) is 4.79 Å². The molecular formula is C15H12ClFO2. The summed E-state index contributed by atoms with van der Waals surface area (Å²) in [5.74, 6) is 0.0767. The first-order valence-electron chi connectivity index (χ1n) is 5.73. The molecule has 0 saturated carbocycles. The average molecular weight is 279 g/mol. The monoisotopic (exact) mass is 278 g/mol. The van der Waals surface area contributed by atoms with Gasteiger partial charge in [-0.05, 0) is 36.2 Å². The summed E-state index contributed by atoms with van der Waals surface area (Å²) in [4.78, 5) is 10.9. The fourth-order valence-corrected chi connectivity index (χ4v) is 1.95. The molecule has 0 bridgehead atoms. The number of para-hydroxylation sites is 1. The van der Waals surface area contributed by atoms with Crippen molar-refractivity contribution >= 4 is 17.9 Å². The topological polar surface area (TPSA) is 26.3 Å². The molecule has 4 heteroatoms. The number of hydrogen-bond donors (Lipinski definition) is 0. The van der Waals surface area contributed by atoms with Crippen LogP contribution < -0.4 is 4.74 Å². The van der Waals surface area contributed by atoms with E-state index >= 15 is 0 Å². The third-order valence-corrected chi connectivity index (χ3v) is 3.03. The Morgan fingerprint density at radius 1 is 1.32 bits per heavy atom. The van der Waals surface area contributed by atoms with E-state index in [9.17, 15) is 9.18 Å². The number of aryl methyl sites for hydroxylation is 1. The Morgan fingerprint density at radius 2 is 2.11 bits per heavy atom. The Bertz CT molecular complexity index is 611. The lowest BCUT2D eigenvalue weighted by Gasteiger charge is -2.11. The minimum absolute atomic E-state index is 0.0569. The van der Waals surface area contributed by atoms with Gasteiger partial charge in [0.25, 0.3) is 0 Å². The van der Waals surface area contributed by atoms with Crippen molar-refractivity contribution in [3.05, 3.63) is 63.9 Å². The van der Waals surface area contributed by atoms with Crippen LogP contribution in [0.1, 0.15) is 21.5 Å². The van der Waals surface area contributed by atoms with Gasteiger partial charge in [0.15, 0.2) is 6.29 Å². The summed E-state index contributed by atoms with van der Waals surface area (Å²) in [6, 6.07) is 9.74. The molecule has 2 aromatic carbocycles. The van der Waals surface area contributed by atoms with E-state index < -0.39 is 5.82 Å². The van der Waals surface area contributed by atoms with Gasteiger partial charge in [-0.15, -0.1) is 0 Å². The molecule has 0 amide bonds. The first-order valence-corrected chi connectivity index (χ1v) is 6.11. The number of hydrogen-bond acceptors (Lipinski definition) is 2. The van der Waals surface area contributed by atoms with Crippen LogP contribution in [-0.4, -0.2) is 6.29 Å². The molecule has 0 radical (unpaired) electrons. The summed E-state index contributed by atoms with van der Waals surface area (Å²) in [5, 5.41) is 0.0569. The van der Waals surface area contributed by atoms with E-state index in [1.54, 1.807) is 18.2 Å². The van der Waals surface area contributed by atoms with Crippen LogP contribution in [0.2, 0.25) is 5.02 Å². The molecule has 0 aliphatic carbocycles. The van der Waals surface area contributed by atoms with Crippen molar-refractivity contribution in [3.63, 3.8) is 0 Å². The van der Waals surface area contributed by atoms with Crippen molar-refractivity contribution in [1.82, 2.24) is 0 Å². The van der Waals surface area contributed by atoms with Crippen molar-refractivity contribution in [1.29, 1.82) is 0 Å². The van der Waals surface area contributed by atoms with E-state index in [1.165, 1.54) is 12.1 Å². The molecule has 0 spiro atoms. The molecule has 0 aliphatic heterocycles. The van der Waals surface area contributed by atoms with E-state index in [-0.39, 0.29) is 11.6 Å². The first kappa shape index (κ1) is 13.6. The number of halogens is 2. The standard InChI is InChI=1S/C15H12ClFO2/c1-10-3-2-4-12(8-18)15(10)19-9-11-5-6-14(17)13(16)7-11/h2-8H,9H2,1H3. The summed E-state index contributed by atoms with van der Waals surface area (Å²) < 4.78 is 18.7. The minimum Gasteiger partial charge on any atom is -0.488 e. The summed E-state index contributed by atoms with van der Waals surface area (Å²) in [6.07, 6.45) is 0.750. The lowest BCUT2D eigenvalue weighted by molar-refractivity contribution is 0.111. The number of rotatable bonds is 4. The summed E-state index contributed by atoms with van der Waals surface area (Å²) in [6.45, 7) is 2.09. The molecule has 2 aromatic rings. The highest BCUT2D eigenvalue weighted by Gasteiger charge is 2.07. The maximum Gasteiger partial charge on any atom is 0.153 e. The fraction of sp³-hybridized carbons (Fsp3) is 0.133. The van der Waals surface area contributed by atoms with Crippen LogP contribution in [0.4, 0.5) is 4.39 Å². The molecule has 0 aliphatic rings. The Morgan fingerprint density at radius 3 is 2.79 bits per heavy atom. The van der Waals surface area contributed by atoms with E-state index in [4.69, 9.17) is 16.3 Å². The van der Waals surface area contributed by atoms with Gasteiger partial charge < -0.3 is 4.74 Å². The zero-order valence-electron chi connectivity index (χ0n) is 10.3. The number of carbonyl (C=O) groups is 1. The fourth-order valence-electron chi connectivity index (χ4n) is 1.75. The van der Waals surface area contributed by atoms with Crippen LogP contribution in [0.5, 0.6) is 5.75 Å². The van der Waals surface area contributed by atoms with Crippen LogP contribution in [0.3, 0.4) is 0 Å². The van der Waals surface area contributed by atoms with Gasteiger partial charge in [0.1, 0.15) is 18.2 Å². The SMILES string of the molecule is Cc1cccc(C=O)c1OCc1ccc(F)c(Cl)c1. The Hall–Kier alpha value is -1.87. The minimum atomic E-state index is -0.463. The quantitative estimate of drug-likeness (QED) is 0.784. The van der Waals surface area contributed by atoms with Gasteiger partial charge in [-0.1, -0.05) is 29.8 Å². The molecule has 0 unspecified atom stereocenters. The van der Waals surface area contributed by atoms with E-state index in [1.807, 2.05) is 13.0 Å². The van der Waals surface area contributed by atoms with Gasteiger partial charge in [-0.25, -0.2) is 4.39 Å².